The SMILES string of the molecule is C[C@H](NC(=O)C(CCC(=O)O)NC(=O)CCCC[C@@H]1CCSS1)C(=O)O. The molecule has 0 bridgehead atoms. The number of carboxylic acid groups (broad SMARTS) is 2. The lowest BCUT2D eigenvalue weighted by atomic mass is 10.1. The molecule has 1 aliphatic heterocycles. The van der Waals surface area contributed by atoms with Gasteiger partial charge in [-0.2, -0.15) is 0 Å². The van der Waals surface area contributed by atoms with E-state index < -0.39 is 29.9 Å². The van der Waals surface area contributed by atoms with Crippen LogP contribution in [0.4, 0.5) is 0 Å². The summed E-state index contributed by atoms with van der Waals surface area (Å²) >= 11 is 0. The molecule has 0 saturated carbocycles. The summed E-state index contributed by atoms with van der Waals surface area (Å²) in [5.74, 6) is -2.13. The van der Waals surface area contributed by atoms with E-state index in [-0.39, 0.29) is 25.2 Å². The Morgan fingerprint density at radius 3 is 2.42 bits per heavy atom. The zero-order chi connectivity index (χ0) is 19.5. The molecule has 0 aromatic rings. The number of unbranched alkanes of at least 4 members (excludes halogenated alkanes) is 1. The third-order valence-corrected chi connectivity index (χ3v) is 6.94. The van der Waals surface area contributed by atoms with Gasteiger partial charge in [0.25, 0.3) is 0 Å². The van der Waals surface area contributed by atoms with E-state index in [4.69, 9.17) is 10.2 Å². The van der Waals surface area contributed by atoms with Crippen LogP contribution in [0.1, 0.15) is 51.9 Å². The van der Waals surface area contributed by atoms with Gasteiger partial charge in [-0.3, -0.25) is 19.2 Å². The molecule has 1 aliphatic rings. The van der Waals surface area contributed by atoms with Crippen molar-refractivity contribution in [2.75, 3.05) is 5.75 Å². The van der Waals surface area contributed by atoms with Gasteiger partial charge in [0.2, 0.25) is 11.8 Å². The predicted octanol–water partition coefficient (Wildman–Crippen LogP) is 1.64. The lowest BCUT2D eigenvalue weighted by Crippen LogP contribution is -2.50. The largest absolute Gasteiger partial charge is 0.481 e. The first kappa shape index (κ1) is 22.6. The van der Waals surface area contributed by atoms with Gasteiger partial charge in [0.15, 0.2) is 0 Å². The highest BCUT2D eigenvalue weighted by atomic mass is 33.1. The topological polar surface area (TPSA) is 133 Å². The second-order valence-electron chi connectivity index (χ2n) is 6.20. The first-order chi connectivity index (χ1) is 12.3. The molecule has 148 valence electrons. The van der Waals surface area contributed by atoms with Gasteiger partial charge in [0, 0.05) is 23.8 Å². The molecule has 8 nitrogen and oxygen atoms in total. The summed E-state index contributed by atoms with van der Waals surface area (Å²) in [6.45, 7) is 1.30. The normalized spacial score (nSPS) is 18.7. The highest BCUT2D eigenvalue weighted by Crippen LogP contribution is 2.39. The van der Waals surface area contributed by atoms with Gasteiger partial charge in [0.05, 0.1) is 0 Å². The van der Waals surface area contributed by atoms with Gasteiger partial charge in [-0.1, -0.05) is 28.0 Å². The highest BCUT2D eigenvalue weighted by molar-refractivity contribution is 8.77. The standard InChI is InChI=1S/C16H26N2O6S2/c1-10(16(23)24)17-15(22)12(6-7-14(20)21)18-13(19)5-3-2-4-11-8-9-25-26-11/h10-12H,2-9H2,1H3,(H,17,22)(H,18,19)(H,20,21)(H,23,24)/t10-,11+,12?/m0/s1. The molecule has 0 aromatic heterocycles. The van der Waals surface area contributed by atoms with Gasteiger partial charge in [0.1, 0.15) is 12.1 Å². The van der Waals surface area contributed by atoms with Crippen molar-refractivity contribution in [3.8, 4) is 0 Å². The Labute approximate surface area is 160 Å². The zero-order valence-corrected chi connectivity index (χ0v) is 16.4. The van der Waals surface area contributed by atoms with Crippen molar-refractivity contribution in [2.45, 2.75) is 69.2 Å². The predicted molar refractivity (Wildman–Crippen MR) is 101 cm³/mol. The van der Waals surface area contributed by atoms with Gasteiger partial charge in [-0.25, -0.2) is 0 Å². The van der Waals surface area contributed by atoms with Crippen molar-refractivity contribution >= 4 is 45.3 Å². The number of carboxylic acids is 2. The Kier molecular flexibility index (Phi) is 10.5. The molecule has 10 heteroatoms. The molecule has 0 aromatic carbocycles. The van der Waals surface area contributed by atoms with Crippen LogP contribution in [0.2, 0.25) is 0 Å². The molecule has 1 fully saturated rings. The molecule has 2 amide bonds. The molecule has 26 heavy (non-hydrogen) atoms. The van der Waals surface area contributed by atoms with E-state index in [1.54, 1.807) is 0 Å². The minimum atomic E-state index is -1.20. The third kappa shape index (κ3) is 9.33. The first-order valence-electron chi connectivity index (χ1n) is 8.62. The Hall–Kier alpha value is -1.42. The van der Waals surface area contributed by atoms with Crippen LogP contribution in [-0.2, 0) is 19.2 Å². The van der Waals surface area contributed by atoms with E-state index in [2.05, 4.69) is 10.6 Å². The second kappa shape index (κ2) is 12.1. The number of nitrogens with one attached hydrogen (secondary N) is 2. The highest BCUT2D eigenvalue weighted by Gasteiger charge is 2.24. The van der Waals surface area contributed by atoms with Crippen LogP contribution in [-0.4, -0.2) is 57.1 Å². The summed E-state index contributed by atoms with van der Waals surface area (Å²) in [5.41, 5.74) is 0. The van der Waals surface area contributed by atoms with E-state index in [0.717, 1.165) is 12.8 Å². The van der Waals surface area contributed by atoms with Crippen LogP contribution in [0.3, 0.4) is 0 Å². The van der Waals surface area contributed by atoms with E-state index in [1.165, 1.54) is 19.1 Å². The summed E-state index contributed by atoms with van der Waals surface area (Å²) < 4.78 is 0. The quantitative estimate of drug-likeness (QED) is 0.284. The van der Waals surface area contributed by atoms with Crippen LogP contribution in [0.25, 0.3) is 0 Å². The fourth-order valence-corrected chi connectivity index (χ4v) is 5.43. The Balaban J connectivity index is 2.41. The molecule has 1 saturated heterocycles. The van der Waals surface area contributed by atoms with Crippen molar-refractivity contribution in [2.24, 2.45) is 0 Å². The summed E-state index contributed by atoms with van der Waals surface area (Å²) in [5, 5.41) is 23.1. The van der Waals surface area contributed by atoms with E-state index in [9.17, 15) is 19.2 Å². The van der Waals surface area contributed by atoms with Gasteiger partial charge in [-0.15, -0.1) is 0 Å². The van der Waals surface area contributed by atoms with Gasteiger partial charge < -0.3 is 20.8 Å². The number of hydrogen-bond acceptors (Lipinski definition) is 6. The molecule has 0 radical (unpaired) electrons. The van der Waals surface area contributed by atoms with Crippen molar-refractivity contribution < 1.29 is 29.4 Å². The lowest BCUT2D eigenvalue weighted by Gasteiger charge is -2.19. The average molecular weight is 407 g/mol. The minimum Gasteiger partial charge on any atom is -0.481 e. The molecule has 1 unspecified atom stereocenters. The molecule has 0 spiro atoms. The van der Waals surface area contributed by atoms with Gasteiger partial charge >= 0.3 is 11.9 Å². The summed E-state index contributed by atoms with van der Waals surface area (Å²) in [6.07, 6.45) is 3.76. The molecule has 1 rings (SSSR count). The monoisotopic (exact) mass is 406 g/mol. The van der Waals surface area contributed by atoms with Gasteiger partial charge in [-0.05, 0) is 32.6 Å². The number of carbonyl (C=O) groups excluding carboxylic acids is 2. The first-order valence-corrected chi connectivity index (χ1v) is 11.0. The molecule has 1 heterocycles. The van der Waals surface area contributed by atoms with E-state index in [0.29, 0.717) is 11.7 Å². The maximum atomic E-state index is 12.1. The average Bonchev–Trinajstić information content (AvgIpc) is 3.08. The number of amides is 2. The Morgan fingerprint density at radius 1 is 1.12 bits per heavy atom. The summed E-state index contributed by atoms with van der Waals surface area (Å²) in [4.78, 5) is 45.7. The van der Waals surface area contributed by atoms with Crippen LogP contribution < -0.4 is 10.6 Å². The number of aliphatic carboxylic acids is 2. The second-order valence-corrected chi connectivity index (χ2v) is 8.98. The molecule has 4 N–H and O–H groups in total. The van der Waals surface area contributed by atoms with Crippen molar-refractivity contribution in [1.82, 2.24) is 10.6 Å². The van der Waals surface area contributed by atoms with Crippen molar-refractivity contribution in [1.29, 1.82) is 0 Å². The van der Waals surface area contributed by atoms with Crippen LogP contribution in [0, 0.1) is 0 Å². The number of rotatable bonds is 12. The summed E-state index contributed by atoms with van der Waals surface area (Å²) in [7, 11) is 3.77. The molecular formula is C16H26N2O6S2. The van der Waals surface area contributed by atoms with Crippen LogP contribution >= 0.6 is 21.6 Å². The third-order valence-electron chi connectivity index (χ3n) is 3.93. The summed E-state index contributed by atoms with van der Waals surface area (Å²) in [6, 6.07) is -2.17. The zero-order valence-electron chi connectivity index (χ0n) is 14.7. The fraction of sp³-hybridized carbons (Fsp3) is 0.750. The molecule has 0 aliphatic carbocycles. The molecular weight excluding hydrogens is 380 g/mol. The number of hydrogen-bond donors (Lipinski definition) is 4. The Bertz CT molecular complexity index is 511. The van der Waals surface area contributed by atoms with E-state index >= 15 is 0 Å². The van der Waals surface area contributed by atoms with Crippen molar-refractivity contribution in [3.05, 3.63) is 0 Å². The lowest BCUT2D eigenvalue weighted by molar-refractivity contribution is -0.142. The van der Waals surface area contributed by atoms with Crippen LogP contribution in [0.5, 0.6) is 0 Å². The maximum absolute atomic E-state index is 12.1. The van der Waals surface area contributed by atoms with Crippen molar-refractivity contribution in [3.63, 3.8) is 0 Å². The molecule has 3 atom stereocenters. The fourth-order valence-electron chi connectivity index (χ4n) is 2.40. The van der Waals surface area contributed by atoms with Crippen LogP contribution in [0.15, 0.2) is 0 Å². The minimum absolute atomic E-state index is 0.0881. The van der Waals surface area contributed by atoms with E-state index in [1.807, 2.05) is 21.6 Å². The Morgan fingerprint density at radius 2 is 1.85 bits per heavy atom. The smallest absolute Gasteiger partial charge is 0.325 e. The maximum Gasteiger partial charge on any atom is 0.325 e. The number of carbonyl (C=O) groups is 4.